The van der Waals surface area contributed by atoms with Gasteiger partial charge in [0.15, 0.2) is 0 Å². The molecule has 0 bridgehead atoms. The molecule has 0 unspecified atom stereocenters. The Hall–Kier alpha value is -1.54. The second kappa shape index (κ2) is 3.24. The first-order valence-electron chi connectivity index (χ1n) is 3.34. The quantitative estimate of drug-likeness (QED) is 0.417. The Morgan fingerprint density at radius 2 is 2.25 bits per heavy atom. The summed E-state index contributed by atoms with van der Waals surface area (Å²) in [6.45, 7) is -0.524. The third-order valence-corrected chi connectivity index (χ3v) is 1.55. The van der Waals surface area contributed by atoms with Crippen LogP contribution in [-0.2, 0) is 4.79 Å². The molecule has 12 heavy (non-hydrogen) atoms. The van der Waals surface area contributed by atoms with E-state index in [9.17, 15) is 9.59 Å². The van der Waals surface area contributed by atoms with Gasteiger partial charge in [0.1, 0.15) is 13.3 Å². The van der Waals surface area contributed by atoms with Crippen molar-refractivity contribution in [2.75, 3.05) is 19.8 Å². The first kappa shape index (κ1) is 8.56. The van der Waals surface area contributed by atoms with Crippen LogP contribution in [0.25, 0.3) is 0 Å². The van der Waals surface area contributed by atoms with Gasteiger partial charge in [-0.15, -0.1) is 6.42 Å². The van der Waals surface area contributed by atoms with Crippen molar-refractivity contribution in [2.24, 2.45) is 0 Å². The van der Waals surface area contributed by atoms with Crippen molar-refractivity contribution in [3.8, 4) is 12.3 Å². The van der Waals surface area contributed by atoms with Gasteiger partial charge in [0.25, 0.3) is 5.91 Å². The van der Waals surface area contributed by atoms with Gasteiger partial charge in [0.2, 0.25) is 0 Å². The van der Waals surface area contributed by atoms with E-state index in [1.54, 1.807) is 0 Å². The lowest BCUT2D eigenvalue weighted by Gasteiger charge is -2.11. The van der Waals surface area contributed by atoms with Crippen LogP contribution in [0, 0.1) is 12.3 Å². The normalized spacial score (nSPS) is 17.0. The highest BCUT2D eigenvalue weighted by atomic mass is 16.3. The number of imide groups is 1. The molecule has 1 aliphatic heterocycles. The molecule has 0 aromatic carbocycles. The number of carbonyl (C=O) groups is 2. The maximum atomic E-state index is 11.1. The van der Waals surface area contributed by atoms with E-state index in [1.165, 1.54) is 4.90 Å². The van der Waals surface area contributed by atoms with Crippen molar-refractivity contribution in [3.63, 3.8) is 0 Å². The van der Waals surface area contributed by atoms with Crippen LogP contribution in [0.2, 0.25) is 0 Å². The van der Waals surface area contributed by atoms with Crippen molar-refractivity contribution >= 4 is 11.9 Å². The average Bonchev–Trinajstić information content (AvgIpc) is 2.29. The maximum Gasteiger partial charge on any atom is 0.329 e. The van der Waals surface area contributed by atoms with Gasteiger partial charge < -0.3 is 10.0 Å². The van der Waals surface area contributed by atoms with Crippen LogP contribution < -0.4 is 0 Å². The zero-order valence-electron chi connectivity index (χ0n) is 6.36. The van der Waals surface area contributed by atoms with Crippen LogP contribution in [0.15, 0.2) is 0 Å². The lowest BCUT2D eigenvalue weighted by Crippen LogP contribution is -2.33. The van der Waals surface area contributed by atoms with Gasteiger partial charge >= 0.3 is 6.03 Å². The number of hydrogen-bond acceptors (Lipinski definition) is 3. The van der Waals surface area contributed by atoms with Crippen LogP contribution in [0.4, 0.5) is 4.79 Å². The Labute approximate surface area is 69.6 Å². The highest BCUT2D eigenvalue weighted by Gasteiger charge is 2.34. The number of terminal acetylenes is 1. The zero-order valence-corrected chi connectivity index (χ0v) is 6.36. The van der Waals surface area contributed by atoms with Crippen molar-refractivity contribution in [2.45, 2.75) is 0 Å². The monoisotopic (exact) mass is 168 g/mol. The molecular weight excluding hydrogens is 160 g/mol. The summed E-state index contributed by atoms with van der Waals surface area (Å²) in [7, 11) is 0. The molecule has 1 heterocycles. The molecule has 0 aliphatic carbocycles. The highest BCUT2D eigenvalue weighted by Crippen LogP contribution is 2.07. The number of rotatable bonds is 2. The molecular formula is C7H8N2O3. The maximum absolute atomic E-state index is 11.1. The molecule has 0 atom stereocenters. The minimum absolute atomic E-state index is 0.0381. The van der Waals surface area contributed by atoms with E-state index >= 15 is 0 Å². The molecule has 0 radical (unpaired) electrons. The summed E-state index contributed by atoms with van der Waals surface area (Å²) in [5.41, 5.74) is 0. The summed E-state index contributed by atoms with van der Waals surface area (Å²) < 4.78 is 0. The van der Waals surface area contributed by atoms with Crippen molar-refractivity contribution < 1.29 is 14.7 Å². The number of aliphatic hydroxyl groups is 1. The fraction of sp³-hybridized carbons (Fsp3) is 0.429. The van der Waals surface area contributed by atoms with Crippen molar-refractivity contribution in [1.82, 2.24) is 9.80 Å². The van der Waals surface area contributed by atoms with Gasteiger partial charge in [-0.05, 0) is 0 Å². The topological polar surface area (TPSA) is 60.9 Å². The third kappa shape index (κ3) is 1.24. The Morgan fingerprint density at radius 3 is 2.67 bits per heavy atom. The van der Waals surface area contributed by atoms with E-state index in [0.717, 1.165) is 4.90 Å². The molecule has 5 nitrogen and oxygen atoms in total. The van der Waals surface area contributed by atoms with Gasteiger partial charge in [0, 0.05) is 0 Å². The summed E-state index contributed by atoms with van der Waals surface area (Å²) in [4.78, 5) is 24.0. The molecule has 0 spiro atoms. The summed E-state index contributed by atoms with van der Waals surface area (Å²) in [5, 5.41) is 8.60. The zero-order chi connectivity index (χ0) is 9.14. The van der Waals surface area contributed by atoms with Crippen LogP contribution in [0.5, 0.6) is 0 Å². The van der Waals surface area contributed by atoms with Crippen LogP contribution in [-0.4, -0.2) is 46.7 Å². The molecule has 1 saturated heterocycles. The molecule has 5 heteroatoms. The smallest absolute Gasteiger partial charge is 0.329 e. The number of hydrogen-bond donors (Lipinski definition) is 1. The first-order valence-corrected chi connectivity index (χ1v) is 3.34. The van der Waals surface area contributed by atoms with E-state index in [2.05, 4.69) is 5.92 Å². The summed E-state index contributed by atoms with van der Waals surface area (Å²) in [6, 6.07) is -0.527. The number of urea groups is 1. The number of amides is 3. The Bertz CT molecular complexity index is 256. The lowest BCUT2D eigenvalue weighted by molar-refractivity contribution is -0.127. The second-order valence-electron chi connectivity index (χ2n) is 2.31. The van der Waals surface area contributed by atoms with Crippen LogP contribution in [0.1, 0.15) is 0 Å². The van der Waals surface area contributed by atoms with E-state index in [-0.39, 0.29) is 13.1 Å². The van der Waals surface area contributed by atoms with Gasteiger partial charge in [-0.3, -0.25) is 4.79 Å². The molecule has 0 aromatic heterocycles. The van der Waals surface area contributed by atoms with Crippen LogP contribution in [0.3, 0.4) is 0 Å². The SMILES string of the molecule is C#CCN1CC(=O)N(CO)C1=O. The Balaban J connectivity index is 2.70. The molecule has 64 valence electrons. The summed E-state index contributed by atoms with van der Waals surface area (Å²) in [6.07, 6.45) is 4.97. The fourth-order valence-corrected chi connectivity index (χ4v) is 0.967. The molecule has 3 amide bonds. The van der Waals surface area contributed by atoms with Crippen molar-refractivity contribution in [3.05, 3.63) is 0 Å². The van der Waals surface area contributed by atoms with Crippen LogP contribution >= 0.6 is 0 Å². The molecule has 0 aromatic rings. The minimum Gasteiger partial charge on any atom is -0.376 e. The molecule has 1 aliphatic rings. The predicted octanol–water partition coefficient (Wildman–Crippen LogP) is -1.17. The summed E-state index contributed by atoms with van der Waals surface area (Å²) >= 11 is 0. The molecule has 1 fully saturated rings. The van der Waals surface area contributed by atoms with Gasteiger partial charge in [0.05, 0.1) is 6.54 Å². The predicted molar refractivity (Wildman–Crippen MR) is 39.7 cm³/mol. The van der Waals surface area contributed by atoms with Crippen molar-refractivity contribution in [1.29, 1.82) is 0 Å². The number of carbonyl (C=O) groups excluding carboxylic acids is 2. The number of aliphatic hydroxyl groups excluding tert-OH is 1. The third-order valence-electron chi connectivity index (χ3n) is 1.55. The van der Waals surface area contributed by atoms with E-state index in [4.69, 9.17) is 11.5 Å². The standard InChI is InChI=1S/C7H8N2O3/c1-2-3-8-4-6(11)9(5-10)7(8)12/h1,10H,3-5H2. The van der Waals surface area contributed by atoms with Gasteiger partial charge in [-0.25, -0.2) is 9.69 Å². The van der Waals surface area contributed by atoms with Gasteiger partial charge in [-0.1, -0.05) is 5.92 Å². The number of nitrogens with zero attached hydrogens (tertiary/aromatic N) is 2. The lowest BCUT2D eigenvalue weighted by atomic mass is 10.5. The summed E-state index contributed by atoms with van der Waals surface area (Å²) in [5.74, 6) is 1.83. The van der Waals surface area contributed by atoms with E-state index < -0.39 is 18.7 Å². The molecule has 1 N–H and O–H groups in total. The largest absolute Gasteiger partial charge is 0.376 e. The second-order valence-corrected chi connectivity index (χ2v) is 2.31. The van der Waals surface area contributed by atoms with Gasteiger partial charge in [-0.2, -0.15) is 0 Å². The highest BCUT2D eigenvalue weighted by molar-refractivity contribution is 6.01. The van der Waals surface area contributed by atoms with E-state index in [0.29, 0.717) is 0 Å². The average molecular weight is 168 g/mol. The fourth-order valence-electron chi connectivity index (χ4n) is 0.967. The first-order chi connectivity index (χ1) is 5.70. The molecule has 0 saturated carbocycles. The molecule has 1 rings (SSSR count). The van der Waals surface area contributed by atoms with E-state index in [1.807, 2.05) is 0 Å². The minimum atomic E-state index is -0.585. The Morgan fingerprint density at radius 1 is 1.58 bits per heavy atom. The Kier molecular flexibility index (Phi) is 2.31.